The molecule has 2 aromatic rings. The summed E-state index contributed by atoms with van der Waals surface area (Å²) in [5.41, 5.74) is 1.84. The zero-order chi connectivity index (χ0) is 21.9. The van der Waals surface area contributed by atoms with Crippen molar-refractivity contribution in [3.63, 3.8) is 0 Å². The van der Waals surface area contributed by atoms with Crippen molar-refractivity contribution in [2.45, 2.75) is 19.8 Å². The van der Waals surface area contributed by atoms with E-state index in [1.807, 2.05) is 0 Å². The van der Waals surface area contributed by atoms with Gasteiger partial charge in [-0.15, -0.1) is 0 Å². The summed E-state index contributed by atoms with van der Waals surface area (Å²) in [6.45, 7) is 1.62. The molecule has 0 radical (unpaired) electrons. The summed E-state index contributed by atoms with van der Waals surface area (Å²) in [5, 5.41) is 2.67. The predicted molar refractivity (Wildman–Crippen MR) is 115 cm³/mol. The molecule has 1 fully saturated rings. The molecule has 2 amide bonds. The van der Waals surface area contributed by atoms with Crippen LogP contribution < -0.4 is 14.5 Å². The van der Waals surface area contributed by atoms with E-state index in [-0.39, 0.29) is 17.4 Å². The summed E-state index contributed by atoms with van der Waals surface area (Å²) >= 11 is 0. The minimum atomic E-state index is -3.75. The Morgan fingerprint density at radius 2 is 1.83 bits per heavy atom. The normalized spacial score (nSPS) is 13.9. The summed E-state index contributed by atoms with van der Waals surface area (Å²) in [7, 11) is -3.75. The zero-order valence-electron chi connectivity index (χ0n) is 16.8. The van der Waals surface area contributed by atoms with E-state index in [1.165, 1.54) is 19.1 Å². The molecule has 0 bridgehead atoms. The van der Waals surface area contributed by atoms with Crippen LogP contribution in [0.3, 0.4) is 0 Å². The number of carbonyl (C=O) groups is 3. The first-order valence-electron chi connectivity index (χ1n) is 9.44. The standard InChI is InChI=1S/C21H23N3O5S/c1-15(25)16-5-3-6-19(13-16)24(30(2,28)29)14-20(26)22-17-8-10-18(11-9-17)23-12-4-7-21(23)27/h3,5-6,8-11,13H,4,7,12,14H2,1-2H3,(H,22,26). The van der Waals surface area contributed by atoms with Gasteiger partial charge in [-0.3, -0.25) is 18.7 Å². The van der Waals surface area contributed by atoms with Crippen LogP contribution in [0.1, 0.15) is 30.1 Å². The Balaban J connectivity index is 1.73. The summed E-state index contributed by atoms with van der Waals surface area (Å²) in [6.07, 6.45) is 2.36. The van der Waals surface area contributed by atoms with Crippen LogP contribution in [0.4, 0.5) is 17.1 Å². The first kappa shape index (κ1) is 21.5. The van der Waals surface area contributed by atoms with E-state index >= 15 is 0 Å². The van der Waals surface area contributed by atoms with E-state index < -0.39 is 22.5 Å². The second-order valence-electron chi connectivity index (χ2n) is 7.12. The molecule has 0 saturated carbocycles. The molecular formula is C21H23N3O5S. The van der Waals surface area contributed by atoms with E-state index in [2.05, 4.69) is 5.32 Å². The molecule has 1 aliphatic rings. The third-order valence-corrected chi connectivity index (χ3v) is 5.90. The molecule has 8 nitrogen and oxygen atoms in total. The summed E-state index contributed by atoms with van der Waals surface area (Å²) in [4.78, 5) is 37.6. The number of hydrogen-bond donors (Lipinski definition) is 1. The average Bonchev–Trinajstić information content (AvgIpc) is 3.12. The maximum Gasteiger partial charge on any atom is 0.245 e. The number of nitrogens with zero attached hydrogens (tertiary/aromatic N) is 2. The van der Waals surface area contributed by atoms with Gasteiger partial charge >= 0.3 is 0 Å². The maximum atomic E-state index is 12.5. The average molecular weight is 429 g/mol. The van der Waals surface area contributed by atoms with Crippen molar-refractivity contribution in [1.82, 2.24) is 0 Å². The highest BCUT2D eigenvalue weighted by molar-refractivity contribution is 7.92. The number of ketones is 1. The van der Waals surface area contributed by atoms with Gasteiger partial charge in [-0.05, 0) is 49.7 Å². The van der Waals surface area contributed by atoms with Gasteiger partial charge in [0.15, 0.2) is 5.78 Å². The number of rotatable bonds is 7. The summed E-state index contributed by atoms with van der Waals surface area (Å²) in [6, 6.07) is 12.9. The van der Waals surface area contributed by atoms with Crippen molar-refractivity contribution in [1.29, 1.82) is 0 Å². The van der Waals surface area contributed by atoms with E-state index in [4.69, 9.17) is 0 Å². The number of benzene rings is 2. The lowest BCUT2D eigenvalue weighted by atomic mass is 10.1. The molecule has 1 saturated heterocycles. The molecule has 0 spiro atoms. The van der Waals surface area contributed by atoms with Crippen molar-refractivity contribution in [2.24, 2.45) is 0 Å². The lowest BCUT2D eigenvalue weighted by molar-refractivity contribution is -0.117. The van der Waals surface area contributed by atoms with Gasteiger partial charge in [-0.2, -0.15) is 0 Å². The van der Waals surface area contributed by atoms with Gasteiger partial charge in [-0.25, -0.2) is 8.42 Å². The Kier molecular flexibility index (Phi) is 6.21. The van der Waals surface area contributed by atoms with Gasteiger partial charge in [0.2, 0.25) is 21.8 Å². The van der Waals surface area contributed by atoms with Crippen LogP contribution in [0.15, 0.2) is 48.5 Å². The van der Waals surface area contributed by atoms with Gasteiger partial charge < -0.3 is 10.2 Å². The fourth-order valence-corrected chi connectivity index (χ4v) is 4.11. The van der Waals surface area contributed by atoms with Crippen molar-refractivity contribution < 1.29 is 22.8 Å². The molecule has 9 heteroatoms. The molecule has 2 aromatic carbocycles. The fourth-order valence-electron chi connectivity index (χ4n) is 3.26. The van der Waals surface area contributed by atoms with Crippen LogP contribution >= 0.6 is 0 Å². The second-order valence-corrected chi connectivity index (χ2v) is 9.03. The fraction of sp³-hybridized carbons (Fsp3) is 0.286. The molecule has 1 aliphatic heterocycles. The number of nitrogens with one attached hydrogen (secondary N) is 1. The second kappa shape index (κ2) is 8.66. The Morgan fingerprint density at radius 3 is 2.40 bits per heavy atom. The SMILES string of the molecule is CC(=O)c1cccc(N(CC(=O)Nc2ccc(N3CCCC3=O)cc2)S(C)(=O)=O)c1. The van der Waals surface area contributed by atoms with Gasteiger partial charge in [0.25, 0.3) is 0 Å². The van der Waals surface area contributed by atoms with E-state index in [0.29, 0.717) is 24.2 Å². The van der Waals surface area contributed by atoms with Gasteiger partial charge in [0.1, 0.15) is 6.54 Å². The number of amides is 2. The molecule has 0 aromatic heterocycles. The lowest BCUT2D eigenvalue weighted by Gasteiger charge is -2.22. The largest absolute Gasteiger partial charge is 0.325 e. The number of Topliss-reactive ketones (excluding diaryl/α,β-unsaturated/α-hetero) is 1. The molecular weight excluding hydrogens is 406 g/mol. The Labute approximate surface area is 175 Å². The van der Waals surface area contributed by atoms with E-state index in [9.17, 15) is 22.8 Å². The van der Waals surface area contributed by atoms with Crippen molar-refractivity contribution >= 4 is 44.7 Å². The number of anilines is 3. The van der Waals surface area contributed by atoms with Gasteiger partial charge in [0, 0.05) is 29.9 Å². The minimum absolute atomic E-state index is 0.0726. The smallest absolute Gasteiger partial charge is 0.245 e. The highest BCUT2D eigenvalue weighted by Gasteiger charge is 2.23. The molecule has 158 valence electrons. The van der Waals surface area contributed by atoms with Gasteiger partial charge in [0.05, 0.1) is 11.9 Å². The van der Waals surface area contributed by atoms with Crippen LogP contribution in [0.2, 0.25) is 0 Å². The Morgan fingerprint density at radius 1 is 1.13 bits per heavy atom. The van der Waals surface area contributed by atoms with Crippen LogP contribution in [0.25, 0.3) is 0 Å². The number of carbonyl (C=O) groups excluding carboxylic acids is 3. The topological polar surface area (TPSA) is 104 Å². The minimum Gasteiger partial charge on any atom is -0.325 e. The van der Waals surface area contributed by atoms with Crippen molar-refractivity contribution in [3.8, 4) is 0 Å². The molecule has 0 aliphatic carbocycles. The van der Waals surface area contributed by atoms with Crippen molar-refractivity contribution in [3.05, 3.63) is 54.1 Å². The van der Waals surface area contributed by atoms with E-state index in [1.54, 1.807) is 41.3 Å². The molecule has 3 rings (SSSR count). The first-order chi connectivity index (χ1) is 14.1. The molecule has 1 N–H and O–H groups in total. The third kappa shape index (κ3) is 5.04. The summed E-state index contributed by atoms with van der Waals surface area (Å²) in [5.74, 6) is -0.659. The molecule has 30 heavy (non-hydrogen) atoms. The molecule has 1 heterocycles. The van der Waals surface area contributed by atoms with Crippen LogP contribution in [0, 0.1) is 0 Å². The molecule has 0 unspecified atom stereocenters. The molecule has 0 atom stereocenters. The monoisotopic (exact) mass is 429 g/mol. The van der Waals surface area contributed by atoms with Crippen LogP contribution in [-0.2, 0) is 19.6 Å². The Bertz CT molecular complexity index is 1080. The third-order valence-electron chi connectivity index (χ3n) is 4.76. The number of sulfonamides is 1. The van der Waals surface area contributed by atoms with E-state index in [0.717, 1.165) is 22.7 Å². The summed E-state index contributed by atoms with van der Waals surface area (Å²) < 4.78 is 25.4. The van der Waals surface area contributed by atoms with Crippen molar-refractivity contribution in [2.75, 3.05) is 33.9 Å². The van der Waals surface area contributed by atoms with Crippen LogP contribution in [0.5, 0.6) is 0 Å². The highest BCUT2D eigenvalue weighted by atomic mass is 32.2. The van der Waals surface area contributed by atoms with Gasteiger partial charge in [-0.1, -0.05) is 12.1 Å². The maximum absolute atomic E-state index is 12.5. The quantitative estimate of drug-likeness (QED) is 0.681. The zero-order valence-corrected chi connectivity index (χ0v) is 17.6. The lowest BCUT2D eigenvalue weighted by Crippen LogP contribution is -2.37. The predicted octanol–water partition coefficient (Wildman–Crippen LogP) is 2.42. The Hall–Kier alpha value is -3.20. The highest BCUT2D eigenvalue weighted by Crippen LogP contribution is 2.23. The number of hydrogen-bond acceptors (Lipinski definition) is 5. The van der Waals surface area contributed by atoms with Crippen LogP contribution in [-0.4, -0.2) is 45.4 Å². The first-order valence-corrected chi connectivity index (χ1v) is 11.3.